The number of aromatic amines is 1. The van der Waals surface area contributed by atoms with E-state index in [2.05, 4.69) is 4.98 Å². The van der Waals surface area contributed by atoms with Crippen LogP contribution in [0.15, 0.2) is 52.2 Å². The molecule has 1 heterocycles. The van der Waals surface area contributed by atoms with Crippen LogP contribution in [0, 0.1) is 19.7 Å². The van der Waals surface area contributed by atoms with Crippen molar-refractivity contribution in [2.24, 2.45) is 0 Å². The summed E-state index contributed by atoms with van der Waals surface area (Å²) in [6.07, 6.45) is 3.25. The summed E-state index contributed by atoms with van der Waals surface area (Å²) in [6.45, 7) is 3.84. The van der Waals surface area contributed by atoms with E-state index in [9.17, 15) is 17.6 Å². The molecule has 5 nitrogen and oxygen atoms in total. The van der Waals surface area contributed by atoms with Gasteiger partial charge in [0, 0.05) is 18.2 Å². The molecule has 0 bridgehead atoms. The lowest BCUT2D eigenvalue weighted by Gasteiger charge is -2.28. The maximum atomic E-state index is 14.4. The zero-order valence-electron chi connectivity index (χ0n) is 17.1. The predicted octanol–water partition coefficient (Wildman–Crippen LogP) is 4.42. The van der Waals surface area contributed by atoms with Gasteiger partial charge in [-0.1, -0.05) is 37.1 Å². The molecule has 158 valence electrons. The molecule has 0 radical (unpaired) electrons. The van der Waals surface area contributed by atoms with Gasteiger partial charge in [0.15, 0.2) is 0 Å². The molecule has 0 spiro atoms. The maximum absolute atomic E-state index is 14.4. The molecule has 0 saturated heterocycles. The summed E-state index contributed by atoms with van der Waals surface area (Å²) in [7, 11) is -4.09. The van der Waals surface area contributed by atoms with Crippen LogP contribution in [0.3, 0.4) is 0 Å². The van der Waals surface area contributed by atoms with Crippen LogP contribution in [0.5, 0.6) is 0 Å². The molecule has 3 aromatic rings. The number of hydrogen-bond donors (Lipinski definition) is 1. The van der Waals surface area contributed by atoms with Crippen LogP contribution >= 0.6 is 0 Å². The molecule has 4 rings (SSSR count). The zero-order chi connectivity index (χ0) is 21.5. The highest BCUT2D eigenvalue weighted by Crippen LogP contribution is 2.31. The molecule has 1 N–H and O–H groups in total. The number of fused-ring (bicyclic) bond motifs is 1. The van der Waals surface area contributed by atoms with Crippen molar-refractivity contribution in [1.29, 1.82) is 0 Å². The van der Waals surface area contributed by atoms with Gasteiger partial charge in [0.25, 0.3) is 5.56 Å². The van der Waals surface area contributed by atoms with E-state index < -0.39 is 15.8 Å². The van der Waals surface area contributed by atoms with Crippen LogP contribution in [0.4, 0.5) is 4.39 Å². The van der Waals surface area contributed by atoms with Crippen LogP contribution in [0.1, 0.15) is 42.4 Å². The van der Waals surface area contributed by atoms with Crippen molar-refractivity contribution in [2.45, 2.75) is 57.0 Å². The fourth-order valence-electron chi connectivity index (χ4n) is 4.24. The highest BCUT2D eigenvalue weighted by atomic mass is 32.2. The number of rotatable bonds is 5. The zero-order valence-corrected chi connectivity index (χ0v) is 17.9. The minimum Gasteiger partial charge on any atom is -0.321 e. The van der Waals surface area contributed by atoms with Gasteiger partial charge < -0.3 is 4.98 Å². The Labute approximate surface area is 175 Å². The third-order valence-electron chi connectivity index (χ3n) is 6.11. The number of H-pyrrole nitrogens is 1. The van der Waals surface area contributed by atoms with Gasteiger partial charge in [-0.15, -0.1) is 0 Å². The second-order valence-electron chi connectivity index (χ2n) is 8.01. The second kappa shape index (κ2) is 7.96. The van der Waals surface area contributed by atoms with Crippen molar-refractivity contribution in [1.82, 2.24) is 9.29 Å². The fourth-order valence-corrected chi connectivity index (χ4v) is 5.97. The topological polar surface area (TPSA) is 70.2 Å². The lowest BCUT2D eigenvalue weighted by atomic mass is 10.0. The molecule has 0 atom stereocenters. The first-order valence-electron chi connectivity index (χ1n) is 10.2. The molecule has 2 aromatic carbocycles. The predicted molar refractivity (Wildman–Crippen MR) is 115 cm³/mol. The van der Waals surface area contributed by atoms with Crippen molar-refractivity contribution in [2.75, 3.05) is 0 Å². The van der Waals surface area contributed by atoms with E-state index in [0.29, 0.717) is 18.4 Å². The molecular weight excluding hydrogens is 403 g/mol. The third-order valence-corrected chi connectivity index (χ3v) is 8.04. The number of nitrogens with one attached hydrogen (secondary N) is 1. The fraction of sp³-hybridized carbons (Fsp3) is 0.348. The summed E-state index contributed by atoms with van der Waals surface area (Å²) >= 11 is 0. The summed E-state index contributed by atoms with van der Waals surface area (Å²) in [6, 6.07) is 10.8. The van der Waals surface area contributed by atoms with Crippen molar-refractivity contribution in [3.63, 3.8) is 0 Å². The first-order valence-corrected chi connectivity index (χ1v) is 11.6. The van der Waals surface area contributed by atoms with Gasteiger partial charge in [0.1, 0.15) is 10.7 Å². The Bertz CT molecular complexity index is 1260. The molecule has 1 aromatic heterocycles. The van der Waals surface area contributed by atoms with Crippen LogP contribution < -0.4 is 5.56 Å². The van der Waals surface area contributed by atoms with Crippen LogP contribution in [-0.2, 0) is 16.6 Å². The molecular formula is C23H25FN2O3S. The van der Waals surface area contributed by atoms with E-state index in [0.717, 1.165) is 40.9 Å². The first kappa shape index (κ1) is 20.8. The number of aromatic nitrogens is 1. The molecule has 1 aliphatic rings. The molecule has 1 saturated carbocycles. The van der Waals surface area contributed by atoms with Gasteiger partial charge >= 0.3 is 0 Å². The molecule has 1 aliphatic carbocycles. The Balaban J connectivity index is 1.80. The van der Waals surface area contributed by atoms with Crippen molar-refractivity contribution < 1.29 is 12.8 Å². The van der Waals surface area contributed by atoms with E-state index in [1.807, 2.05) is 26.0 Å². The lowest BCUT2D eigenvalue weighted by Crippen LogP contribution is -2.40. The average molecular weight is 429 g/mol. The van der Waals surface area contributed by atoms with Crippen molar-refractivity contribution in [3.8, 4) is 0 Å². The lowest BCUT2D eigenvalue weighted by molar-refractivity contribution is 0.314. The van der Waals surface area contributed by atoms with Crippen LogP contribution in [-0.4, -0.2) is 23.7 Å². The molecule has 7 heteroatoms. The summed E-state index contributed by atoms with van der Waals surface area (Å²) in [5.41, 5.74) is 2.86. The van der Waals surface area contributed by atoms with E-state index in [1.165, 1.54) is 22.5 Å². The third kappa shape index (κ3) is 3.68. The number of sulfonamides is 1. The summed E-state index contributed by atoms with van der Waals surface area (Å²) < 4.78 is 42.5. The smallest absolute Gasteiger partial charge is 0.252 e. The number of nitrogens with zero attached hydrogens (tertiary/aromatic N) is 1. The van der Waals surface area contributed by atoms with Crippen LogP contribution in [0.2, 0.25) is 0 Å². The van der Waals surface area contributed by atoms with Gasteiger partial charge in [-0.25, -0.2) is 12.8 Å². The van der Waals surface area contributed by atoms with E-state index in [1.54, 1.807) is 6.07 Å². The first-order chi connectivity index (χ1) is 14.3. The standard InChI is InChI=1S/C23H25FN2O3S/c1-15-11-12-17-13-18(23(27)25-22(17)16(15)2)14-26(19-7-3-4-8-19)30(28,29)21-10-6-5-9-20(21)24/h5-6,9-13,19H,3-4,7-8,14H2,1-2H3,(H,25,27). The number of benzene rings is 2. The highest BCUT2D eigenvalue weighted by molar-refractivity contribution is 7.89. The molecule has 0 unspecified atom stereocenters. The Morgan fingerprint density at radius 3 is 2.50 bits per heavy atom. The highest BCUT2D eigenvalue weighted by Gasteiger charge is 2.35. The monoisotopic (exact) mass is 428 g/mol. The largest absolute Gasteiger partial charge is 0.321 e. The molecule has 30 heavy (non-hydrogen) atoms. The number of aryl methyl sites for hydroxylation is 2. The van der Waals surface area contributed by atoms with Gasteiger partial charge in [-0.3, -0.25) is 4.79 Å². The normalized spacial score (nSPS) is 15.3. The quantitative estimate of drug-likeness (QED) is 0.654. The van der Waals surface area contributed by atoms with Crippen LogP contribution in [0.25, 0.3) is 10.9 Å². The average Bonchev–Trinajstić information content (AvgIpc) is 3.24. The Hall–Kier alpha value is -2.51. The number of pyridine rings is 1. The van der Waals surface area contributed by atoms with Gasteiger partial charge in [-0.2, -0.15) is 4.31 Å². The van der Waals surface area contributed by atoms with Gasteiger partial charge in [0.05, 0.1) is 5.52 Å². The molecule has 0 aliphatic heterocycles. The van der Waals surface area contributed by atoms with E-state index in [4.69, 9.17) is 0 Å². The Morgan fingerprint density at radius 2 is 1.80 bits per heavy atom. The molecule has 0 amide bonds. The Morgan fingerprint density at radius 1 is 1.10 bits per heavy atom. The van der Waals surface area contributed by atoms with E-state index in [-0.39, 0.29) is 23.0 Å². The molecule has 1 fully saturated rings. The van der Waals surface area contributed by atoms with Gasteiger partial charge in [0.2, 0.25) is 10.0 Å². The summed E-state index contributed by atoms with van der Waals surface area (Å²) in [5, 5.41) is 0.849. The maximum Gasteiger partial charge on any atom is 0.252 e. The summed E-state index contributed by atoms with van der Waals surface area (Å²) in [5.74, 6) is -0.779. The van der Waals surface area contributed by atoms with Gasteiger partial charge in [-0.05, 0) is 61.4 Å². The van der Waals surface area contributed by atoms with Crippen molar-refractivity contribution >= 4 is 20.9 Å². The number of hydrogen-bond acceptors (Lipinski definition) is 3. The SMILES string of the molecule is Cc1ccc2cc(CN(C3CCCC3)S(=O)(=O)c3ccccc3F)c(=O)[nH]c2c1C. The minimum absolute atomic E-state index is 0.0838. The number of halogens is 1. The minimum atomic E-state index is -4.09. The Kier molecular flexibility index (Phi) is 5.51. The van der Waals surface area contributed by atoms with E-state index >= 15 is 0 Å². The summed E-state index contributed by atoms with van der Waals surface area (Å²) in [4.78, 5) is 15.4. The second-order valence-corrected chi connectivity index (χ2v) is 9.87. The van der Waals surface area contributed by atoms with Crippen molar-refractivity contribution in [3.05, 3.63) is 75.3 Å².